The smallest absolute Gasteiger partial charge is 0.223 e. The molecule has 0 bridgehead atoms. The highest BCUT2D eigenvalue weighted by molar-refractivity contribution is 5.78. The molecule has 0 aliphatic carbocycles. The minimum absolute atomic E-state index is 0.101. The molecule has 2 atom stereocenters. The van der Waals surface area contributed by atoms with E-state index in [-0.39, 0.29) is 11.8 Å². The topological polar surface area (TPSA) is 29.1 Å². The van der Waals surface area contributed by atoms with E-state index in [1.54, 1.807) is 0 Å². The molecule has 1 N–H and O–H groups in total. The molecule has 1 rings (SSSR count). The van der Waals surface area contributed by atoms with Gasteiger partial charge in [-0.3, -0.25) is 4.79 Å². The number of carbonyl (C=O) groups is 1. The number of hydrogen-bond donors (Lipinski definition) is 1. The van der Waals surface area contributed by atoms with E-state index >= 15 is 0 Å². The van der Waals surface area contributed by atoms with Gasteiger partial charge in [0.1, 0.15) is 0 Å². The number of carbonyl (C=O) groups excluding carboxylic acids is 1. The van der Waals surface area contributed by atoms with E-state index in [1.807, 2.05) is 25.2 Å². The van der Waals surface area contributed by atoms with E-state index in [9.17, 15) is 4.79 Å². The highest BCUT2D eigenvalue weighted by Crippen LogP contribution is 2.17. The SMILES string of the molecule is C=CCCC[N+](CCCC=C)(CCCC=C)CCNC(=O)C(C)CC.CCC(C)c1ccccc1. The maximum absolute atomic E-state index is 12.1. The molecular weight excluding hydrogens is 428 g/mol. The van der Waals surface area contributed by atoms with Gasteiger partial charge in [-0.2, -0.15) is 0 Å². The van der Waals surface area contributed by atoms with Crippen molar-refractivity contribution in [3.63, 3.8) is 0 Å². The van der Waals surface area contributed by atoms with Crippen molar-refractivity contribution in [3.8, 4) is 0 Å². The van der Waals surface area contributed by atoms with Crippen molar-refractivity contribution in [1.82, 2.24) is 5.32 Å². The van der Waals surface area contributed by atoms with Gasteiger partial charge in [-0.1, -0.05) is 76.3 Å². The quantitative estimate of drug-likeness (QED) is 0.120. The zero-order valence-corrected chi connectivity index (χ0v) is 23.4. The van der Waals surface area contributed by atoms with Crippen molar-refractivity contribution in [3.05, 3.63) is 73.9 Å². The zero-order chi connectivity index (χ0) is 26.4. The Kier molecular flexibility index (Phi) is 19.9. The molecule has 0 saturated heterocycles. The van der Waals surface area contributed by atoms with Crippen molar-refractivity contribution in [2.45, 2.75) is 85.0 Å². The van der Waals surface area contributed by atoms with Crippen LogP contribution in [0.3, 0.4) is 0 Å². The molecule has 1 aromatic rings. The van der Waals surface area contributed by atoms with Crippen LogP contribution in [0.4, 0.5) is 0 Å². The van der Waals surface area contributed by atoms with Crippen LogP contribution in [0.15, 0.2) is 68.3 Å². The summed E-state index contributed by atoms with van der Waals surface area (Å²) in [5.41, 5.74) is 1.45. The Hall–Kier alpha value is -2.13. The summed E-state index contributed by atoms with van der Waals surface area (Å²) in [6.07, 6.45) is 14.8. The number of amides is 1. The van der Waals surface area contributed by atoms with Gasteiger partial charge in [0.05, 0.1) is 32.7 Å². The molecule has 1 aromatic carbocycles. The first-order valence-electron chi connectivity index (χ1n) is 13.9. The lowest BCUT2D eigenvalue weighted by Gasteiger charge is -2.39. The van der Waals surface area contributed by atoms with Gasteiger partial charge >= 0.3 is 0 Å². The van der Waals surface area contributed by atoms with E-state index in [2.05, 4.69) is 76.2 Å². The molecule has 198 valence electrons. The zero-order valence-electron chi connectivity index (χ0n) is 23.4. The summed E-state index contributed by atoms with van der Waals surface area (Å²) in [6.45, 7) is 25.3. The first-order chi connectivity index (χ1) is 16.9. The number of nitrogens with zero attached hydrogens (tertiary/aromatic N) is 1. The standard InChI is InChI=1S/C22H40N2O.C10H14/c1-6-10-13-17-24(18-14-11-7-2,19-15-12-8-3)20-16-23-22(25)21(5)9-4;1-3-9(2)10-7-5-4-6-8-10/h6-8,21H,1-3,9-20H2,4-5H3;4-9H,3H2,1-2H3/p+1. The molecule has 0 saturated carbocycles. The maximum atomic E-state index is 12.1. The Balaban J connectivity index is 0.000000952. The average Bonchev–Trinajstić information content (AvgIpc) is 2.89. The molecular formula is C32H55N2O+. The molecule has 0 fully saturated rings. The second kappa shape index (κ2) is 21.2. The normalized spacial score (nSPS) is 12.6. The van der Waals surface area contributed by atoms with Gasteiger partial charge in [0.15, 0.2) is 0 Å². The van der Waals surface area contributed by atoms with Crippen LogP contribution in [0.25, 0.3) is 0 Å². The lowest BCUT2D eigenvalue weighted by Crippen LogP contribution is -2.53. The third-order valence-electron chi connectivity index (χ3n) is 7.05. The van der Waals surface area contributed by atoms with Crippen LogP contribution >= 0.6 is 0 Å². The van der Waals surface area contributed by atoms with Crippen molar-refractivity contribution >= 4 is 5.91 Å². The van der Waals surface area contributed by atoms with Gasteiger partial charge in [0, 0.05) is 25.2 Å². The summed E-state index contributed by atoms with van der Waals surface area (Å²) in [7, 11) is 0. The van der Waals surface area contributed by atoms with Crippen molar-refractivity contribution < 1.29 is 9.28 Å². The predicted molar refractivity (Wildman–Crippen MR) is 156 cm³/mol. The molecule has 1 amide bonds. The molecule has 0 aliphatic heterocycles. The number of rotatable bonds is 19. The number of unbranched alkanes of at least 4 members (excludes halogenated alkanes) is 3. The second-order valence-electron chi connectivity index (χ2n) is 9.85. The fourth-order valence-electron chi connectivity index (χ4n) is 4.18. The predicted octanol–water partition coefficient (Wildman–Crippen LogP) is 8.06. The van der Waals surface area contributed by atoms with Crippen LogP contribution in [0, 0.1) is 5.92 Å². The number of quaternary nitrogens is 1. The molecule has 0 radical (unpaired) electrons. The third kappa shape index (κ3) is 15.5. The van der Waals surface area contributed by atoms with E-state index in [1.165, 1.54) is 12.0 Å². The van der Waals surface area contributed by atoms with Gasteiger partial charge in [-0.25, -0.2) is 0 Å². The van der Waals surface area contributed by atoms with E-state index in [0.29, 0.717) is 5.92 Å². The van der Waals surface area contributed by atoms with Crippen LogP contribution in [-0.4, -0.2) is 43.1 Å². The summed E-state index contributed by atoms with van der Waals surface area (Å²) in [5, 5.41) is 3.14. The Labute approximate surface area is 218 Å². The number of hydrogen-bond acceptors (Lipinski definition) is 1. The average molecular weight is 484 g/mol. The van der Waals surface area contributed by atoms with Crippen LogP contribution < -0.4 is 5.32 Å². The monoisotopic (exact) mass is 483 g/mol. The Morgan fingerprint density at radius 2 is 1.31 bits per heavy atom. The molecule has 0 aromatic heterocycles. The highest BCUT2D eigenvalue weighted by atomic mass is 16.1. The fraction of sp³-hybridized carbons (Fsp3) is 0.594. The lowest BCUT2D eigenvalue weighted by atomic mass is 9.99. The van der Waals surface area contributed by atoms with Crippen molar-refractivity contribution in [2.75, 3.05) is 32.7 Å². The van der Waals surface area contributed by atoms with Crippen molar-refractivity contribution in [2.24, 2.45) is 5.92 Å². The Morgan fingerprint density at radius 1 is 0.829 bits per heavy atom. The number of nitrogens with one attached hydrogen (secondary N) is 1. The van der Waals surface area contributed by atoms with Gasteiger partial charge in [-0.15, -0.1) is 19.7 Å². The molecule has 0 spiro atoms. The minimum Gasteiger partial charge on any atom is -0.350 e. The first kappa shape index (κ1) is 32.9. The van der Waals surface area contributed by atoms with Crippen LogP contribution in [0.1, 0.15) is 90.5 Å². The van der Waals surface area contributed by atoms with Gasteiger partial charge in [0.25, 0.3) is 0 Å². The van der Waals surface area contributed by atoms with Crippen molar-refractivity contribution in [1.29, 1.82) is 0 Å². The van der Waals surface area contributed by atoms with E-state index in [0.717, 1.165) is 82.2 Å². The summed E-state index contributed by atoms with van der Waals surface area (Å²) in [5.74, 6) is 0.995. The molecule has 3 heteroatoms. The summed E-state index contributed by atoms with van der Waals surface area (Å²) < 4.78 is 1.08. The van der Waals surface area contributed by atoms with Gasteiger partial charge in [0.2, 0.25) is 5.91 Å². The molecule has 3 nitrogen and oxygen atoms in total. The summed E-state index contributed by atoms with van der Waals surface area (Å²) in [4.78, 5) is 12.1. The largest absolute Gasteiger partial charge is 0.350 e. The lowest BCUT2D eigenvalue weighted by molar-refractivity contribution is -0.927. The first-order valence-corrected chi connectivity index (χ1v) is 13.9. The van der Waals surface area contributed by atoms with E-state index < -0.39 is 0 Å². The number of allylic oxidation sites excluding steroid dienone is 3. The van der Waals surface area contributed by atoms with Gasteiger partial charge < -0.3 is 9.80 Å². The maximum Gasteiger partial charge on any atom is 0.223 e. The summed E-state index contributed by atoms with van der Waals surface area (Å²) >= 11 is 0. The molecule has 2 unspecified atom stereocenters. The molecule has 35 heavy (non-hydrogen) atoms. The third-order valence-corrected chi connectivity index (χ3v) is 7.05. The Morgan fingerprint density at radius 3 is 1.71 bits per heavy atom. The summed E-state index contributed by atoms with van der Waals surface area (Å²) in [6, 6.07) is 10.6. The van der Waals surface area contributed by atoms with Crippen LogP contribution in [0.5, 0.6) is 0 Å². The molecule has 0 aliphatic rings. The van der Waals surface area contributed by atoms with Gasteiger partial charge in [-0.05, 0) is 43.6 Å². The van der Waals surface area contributed by atoms with Crippen LogP contribution in [-0.2, 0) is 4.79 Å². The highest BCUT2D eigenvalue weighted by Gasteiger charge is 2.26. The van der Waals surface area contributed by atoms with E-state index in [4.69, 9.17) is 0 Å². The van der Waals surface area contributed by atoms with Crippen LogP contribution in [0.2, 0.25) is 0 Å². The number of benzene rings is 1. The molecule has 0 heterocycles. The minimum atomic E-state index is 0.101. The fourth-order valence-corrected chi connectivity index (χ4v) is 4.18. The Bertz CT molecular complexity index is 646. The second-order valence-corrected chi connectivity index (χ2v) is 9.85.